The Bertz CT molecular complexity index is 616. The second kappa shape index (κ2) is 16.8. The minimum Gasteiger partial charge on any atom is -0.493 e. The fraction of sp³-hybridized carbons (Fsp3) is 0.750. The van der Waals surface area contributed by atoms with Crippen molar-refractivity contribution in [1.29, 1.82) is 0 Å². The summed E-state index contributed by atoms with van der Waals surface area (Å²) in [6, 6.07) is 6.19. The maximum Gasteiger partial charge on any atom is 0.161 e. The number of aliphatic hydroxyl groups is 1. The molecule has 0 spiro atoms. The summed E-state index contributed by atoms with van der Waals surface area (Å²) in [7, 11) is 3.36. The van der Waals surface area contributed by atoms with E-state index in [1.54, 1.807) is 14.2 Å². The highest BCUT2D eigenvalue weighted by Gasteiger charge is 2.26. The molecule has 0 radical (unpaired) electrons. The largest absolute Gasteiger partial charge is 0.493 e. The Hall–Kier alpha value is -0.760. The molecule has 32 heavy (non-hydrogen) atoms. The van der Waals surface area contributed by atoms with E-state index < -0.39 is 6.10 Å². The van der Waals surface area contributed by atoms with Crippen molar-refractivity contribution < 1.29 is 19.3 Å². The van der Waals surface area contributed by atoms with Crippen molar-refractivity contribution in [3.63, 3.8) is 0 Å². The summed E-state index contributed by atoms with van der Waals surface area (Å²) < 4.78 is 16.5. The van der Waals surface area contributed by atoms with Crippen LogP contribution in [0.3, 0.4) is 0 Å². The van der Waals surface area contributed by atoms with Crippen molar-refractivity contribution in [2.24, 2.45) is 17.6 Å². The fourth-order valence-corrected chi connectivity index (χ4v) is 4.16. The van der Waals surface area contributed by atoms with Gasteiger partial charge in [0, 0.05) is 20.1 Å². The molecule has 8 heteroatoms. The van der Waals surface area contributed by atoms with Gasteiger partial charge >= 0.3 is 0 Å². The van der Waals surface area contributed by atoms with Gasteiger partial charge in [0.05, 0.1) is 26.0 Å². The Morgan fingerprint density at radius 1 is 1.03 bits per heavy atom. The summed E-state index contributed by atoms with van der Waals surface area (Å²) in [4.78, 5) is 2.21. The lowest BCUT2D eigenvalue weighted by molar-refractivity contribution is 0.0523. The van der Waals surface area contributed by atoms with Gasteiger partial charge in [-0.3, -0.25) is 4.90 Å². The van der Waals surface area contributed by atoms with Crippen LogP contribution >= 0.6 is 24.8 Å². The van der Waals surface area contributed by atoms with Gasteiger partial charge in [-0.15, -0.1) is 24.8 Å². The predicted molar refractivity (Wildman–Crippen MR) is 136 cm³/mol. The third-order valence-electron chi connectivity index (χ3n) is 6.21. The topological polar surface area (TPSA) is 77.2 Å². The van der Waals surface area contributed by atoms with E-state index in [4.69, 9.17) is 19.9 Å². The van der Waals surface area contributed by atoms with Crippen LogP contribution in [-0.2, 0) is 11.2 Å². The molecule has 1 aromatic carbocycles. The Morgan fingerprint density at radius 2 is 1.72 bits per heavy atom. The first-order valence-corrected chi connectivity index (χ1v) is 11.4. The van der Waals surface area contributed by atoms with Gasteiger partial charge in [-0.05, 0) is 74.7 Å². The molecular weight excluding hydrogens is 451 g/mol. The van der Waals surface area contributed by atoms with Crippen LogP contribution in [0.25, 0.3) is 0 Å². The molecule has 188 valence electrons. The fourth-order valence-electron chi connectivity index (χ4n) is 4.16. The van der Waals surface area contributed by atoms with E-state index in [9.17, 15) is 5.11 Å². The number of benzene rings is 1. The number of nitrogens with two attached hydrogens (primary N) is 1. The van der Waals surface area contributed by atoms with E-state index in [1.807, 2.05) is 6.07 Å². The Morgan fingerprint density at radius 3 is 2.31 bits per heavy atom. The van der Waals surface area contributed by atoms with Crippen LogP contribution in [0.2, 0.25) is 0 Å². The van der Waals surface area contributed by atoms with E-state index >= 15 is 0 Å². The van der Waals surface area contributed by atoms with Crippen LogP contribution in [-0.4, -0.2) is 62.8 Å². The maximum absolute atomic E-state index is 10.6. The molecule has 1 saturated heterocycles. The minimum atomic E-state index is -0.472. The van der Waals surface area contributed by atoms with E-state index in [1.165, 1.54) is 18.4 Å². The highest BCUT2D eigenvalue weighted by molar-refractivity contribution is 5.85. The van der Waals surface area contributed by atoms with Crippen LogP contribution in [0.15, 0.2) is 18.2 Å². The van der Waals surface area contributed by atoms with Crippen molar-refractivity contribution in [3.8, 4) is 11.5 Å². The van der Waals surface area contributed by atoms with Gasteiger partial charge in [-0.1, -0.05) is 19.9 Å². The van der Waals surface area contributed by atoms with Gasteiger partial charge in [-0.2, -0.15) is 0 Å². The lowest BCUT2D eigenvalue weighted by Gasteiger charge is -2.30. The van der Waals surface area contributed by atoms with Gasteiger partial charge in [0.2, 0.25) is 0 Å². The SMILES string of the molecule is COCCCOc1cc(C[C@H](CC[C@H](O)[C@@H](N)N2CCCC2)C(C)C)ccc1OC.Cl.Cl. The number of aliphatic hydroxyl groups excluding tert-OH is 1. The molecule has 1 fully saturated rings. The molecule has 1 aliphatic rings. The third-order valence-corrected chi connectivity index (χ3v) is 6.21. The van der Waals surface area contributed by atoms with Crippen molar-refractivity contribution in [3.05, 3.63) is 23.8 Å². The molecule has 0 unspecified atom stereocenters. The summed E-state index contributed by atoms with van der Waals surface area (Å²) in [6.45, 7) is 7.79. The monoisotopic (exact) mass is 494 g/mol. The number of hydrogen-bond acceptors (Lipinski definition) is 6. The van der Waals surface area contributed by atoms with Crippen LogP contribution in [0.5, 0.6) is 11.5 Å². The van der Waals surface area contributed by atoms with Gasteiger partial charge in [-0.25, -0.2) is 0 Å². The highest BCUT2D eigenvalue weighted by atomic mass is 35.5. The third kappa shape index (κ3) is 10.0. The summed E-state index contributed by atoms with van der Waals surface area (Å²) in [5.74, 6) is 2.53. The average molecular weight is 496 g/mol. The molecule has 2 rings (SSSR count). The molecule has 0 aliphatic carbocycles. The number of halogens is 2. The number of likely N-dealkylation sites (tertiary alicyclic amines) is 1. The minimum absolute atomic E-state index is 0. The van der Waals surface area contributed by atoms with Gasteiger partial charge in [0.25, 0.3) is 0 Å². The molecule has 1 heterocycles. The Labute approximate surface area is 207 Å². The summed E-state index contributed by atoms with van der Waals surface area (Å²) >= 11 is 0. The number of ether oxygens (including phenoxy) is 3. The van der Waals surface area contributed by atoms with Crippen molar-refractivity contribution in [2.75, 3.05) is 40.5 Å². The van der Waals surface area contributed by atoms with Crippen LogP contribution in [0.4, 0.5) is 0 Å². The summed E-state index contributed by atoms with van der Waals surface area (Å²) in [5, 5.41) is 10.6. The van der Waals surface area contributed by atoms with Gasteiger partial charge in [0.1, 0.15) is 0 Å². The van der Waals surface area contributed by atoms with E-state index in [0.717, 1.165) is 50.3 Å². The molecule has 1 aromatic rings. The second-order valence-electron chi connectivity index (χ2n) is 8.77. The zero-order valence-corrected chi connectivity index (χ0v) is 21.8. The number of rotatable bonds is 14. The summed E-state index contributed by atoms with van der Waals surface area (Å²) in [5.41, 5.74) is 7.52. The molecule has 1 aliphatic heterocycles. The number of methoxy groups -OCH3 is 2. The lowest BCUT2D eigenvalue weighted by Crippen LogP contribution is -2.48. The molecule has 0 amide bonds. The molecule has 0 bridgehead atoms. The van der Waals surface area contributed by atoms with Crippen molar-refractivity contribution in [1.82, 2.24) is 4.90 Å². The molecular formula is C24H44Cl2N2O4. The van der Waals surface area contributed by atoms with E-state index in [-0.39, 0.29) is 31.0 Å². The first-order chi connectivity index (χ1) is 14.5. The Balaban J connectivity index is 0.00000480. The normalized spacial score (nSPS) is 16.7. The van der Waals surface area contributed by atoms with Crippen molar-refractivity contribution >= 4 is 24.8 Å². The lowest BCUT2D eigenvalue weighted by atomic mass is 9.84. The van der Waals surface area contributed by atoms with E-state index in [2.05, 4.69) is 30.9 Å². The Kier molecular flexibility index (Phi) is 16.4. The number of nitrogens with zero attached hydrogens (tertiary/aromatic N) is 1. The zero-order chi connectivity index (χ0) is 21.9. The summed E-state index contributed by atoms with van der Waals surface area (Å²) in [6.07, 6.45) is 5.13. The van der Waals surface area contributed by atoms with E-state index in [0.29, 0.717) is 25.0 Å². The van der Waals surface area contributed by atoms with Gasteiger partial charge < -0.3 is 25.1 Å². The van der Waals surface area contributed by atoms with Crippen LogP contribution < -0.4 is 15.2 Å². The molecule has 6 nitrogen and oxygen atoms in total. The van der Waals surface area contributed by atoms with Crippen LogP contribution in [0, 0.1) is 11.8 Å². The molecule has 0 aromatic heterocycles. The predicted octanol–water partition coefficient (Wildman–Crippen LogP) is 4.29. The zero-order valence-electron chi connectivity index (χ0n) is 20.1. The average Bonchev–Trinajstić information content (AvgIpc) is 3.28. The van der Waals surface area contributed by atoms with Crippen LogP contribution in [0.1, 0.15) is 51.5 Å². The first-order valence-electron chi connectivity index (χ1n) is 11.4. The van der Waals surface area contributed by atoms with Gasteiger partial charge in [0.15, 0.2) is 11.5 Å². The quantitative estimate of drug-likeness (QED) is 0.375. The smallest absolute Gasteiger partial charge is 0.161 e. The first kappa shape index (κ1) is 31.2. The highest BCUT2D eigenvalue weighted by Crippen LogP contribution is 2.31. The molecule has 0 saturated carbocycles. The second-order valence-corrected chi connectivity index (χ2v) is 8.77. The molecule has 3 atom stereocenters. The number of hydrogen-bond donors (Lipinski definition) is 2. The standard InChI is InChI=1S/C24H42N2O4.2ClH/c1-18(2)20(9-10-21(27)24(25)26-12-5-6-13-26)16-19-8-11-22(29-4)23(17-19)30-15-7-14-28-3;;/h8,11,17-18,20-21,24,27H,5-7,9-10,12-16,25H2,1-4H3;2*1H/t20-,21-,24-;;/m0../s1. The maximum atomic E-state index is 10.6. The molecule has 3 N–H and O–H groups in total. The van der Waals surface area contributed by atoms with Crippen molar-refractivity contribution in [2.45, 2.75) is 64.6 Å².